The molecule has 1 aromatic carbocycles. The van der Waals surface area contributed by atoms with Crippen LogP contribution in [0.3, 0.4) is 0 Å². The number of nitrogens with two attached hydrogens (primary N) is 1. The van der Waals surface area contributed by atoms with Crippen molar-refractivity contribution in [2.75, 3.05) is 5.32 Å². The summed E-state index contributed by atoms with van der Waals surface area (Å²) in [4.78, 5) is 12.2. The number of thiophene rings is 1. The maximum atomic E-state index is 13.7. The van der Waals surface area contributed by atoms with Gasteiger partial charge in [0.05, 0.1) is 6.54 Å². The predicted molar refractivity (Wildman–Crippen MR) is 79.0 cm³/mol. The number of halogens is 2. The number of hydrogen-bond donors (Lipinski definition) is 2. The lowest BCUT2D eigenvalue weighted by Gasteiger charge is -2.11. The van der Waals surface area contributed by atoms with E-state index in [1.54, 1.807) is 24.3 Å². The lowest BCUT2D eigenvalue weighted by Crippen LogP contribution is -2.13. The number of anilines is 1. The van der Waals surface area contributed by atoms with Crippen molar-refractivity contribution in [1.29, 1.82) is 0 Å². The van der Waals surface area contributed by atoms with E-state index in [2.05, 4.69) is 21.2 Å². The summed E-state index contributed by atoms with van der Waals surface area (Å²) in [5, 5.41) is 5.09. The molecule has 6 heteroatoms. The van der Waals surface area contributed by atoms with E-state index in [4.69, 9.17) is 5.73 Å². The fourth-order valence-electron chi connectivity index (χ4n) is 1.63. The molecule has 2 aromatic rings. The summed E-state index contributed by atoms with van der Waals surface area (Å²) in [7, 11) is 0. The molecule has 0 fully saturated rings. The highest BCUT2D eigenvalue weighted by atomic mass is 79.9. The molecule has 1 aromatic heterocycles. The van der Waals surface area contributed by atoms with Gasteiger partial charge in [0.15, 0.2) is 0 Å². The zero-order chi connectivity index (χ0) is 14.0. The Kier molecular flexibility index (Phi) is 4.21. The minimum Gasteiger partial charge on any atom is -0.380 e. The first-order valence-corrected chi connectivity index (χ1v) is 7.22. The first-order chi connectivity index (χ1) is 8.99. The predicted octanol–water partition coefficient (Wildman–Crippen LogP) is 3.67. The second-order valence-corrected chi connectivity index (χ2v) is 5.90. The number of benzene rings is 1. The molecule has 2 rings (SSSR count). The van der Waals surface area contributed by atoms with Crippen molar-refractivity contribution in [1.82, 2.24) is 0 Å². The fourth-order valence-corrected chi connectivity index (χ4v) is 3.06. The molecule has 100 valence electrons. The third-order valence-electron chi connectivity index (χ3n) is 2.76. The number of primary amides is 1. The van der Waals surface area contributed by atoms with E-state index in [1.807, 2.05) is 11.4 Å². The molecule has 0 radical (unpaired) electrons. The molecule has 0 aliphatic rings. The Morgan fingerprint density at radius 3 is 2.84 bits per heavy atom. The summed E-state index contributed by atoms with van der Waals surface area (Å²) in [5.74, 6) is -1.08. The molecular weight excluding hydrogens is 331 g/mol. The Bertz CT molecular complexity index is 627. The SMILES string of the molecule is Cc1c(F)cc(C(N)=O)cc1NCc1sccc1Br. The second kappa shape index (κ2) is 5.71. The summed E-state index contributed by atoms with van der Waals surface area (Å²) in [6.45, 7) is 2.21. The van der Waals surface area contributed by atoms with Gasteiger partial charge in [0.25, 0.3) is 0 Å². The van der Waals surface area contributed by atoms with Crippen molar-refractivity contribution in [3.8, 4) is 0 Å². The molecule has 0 atom stereocenters. The molecule has 0 aliphatic heterocycles. The van der Waals surface area contributed by atoms with Crippen LogP contribution in [0.4, 0.5) is 10.1 Å². The minimum absolute atomic E-state index is 0.163. The van der Waals surface area contributed by atoms with Gasteiger partial charge in [-0.3, -0.25) is 4.79 Å². The van der Waals surface area contributed by atoms with Gasteiger partial charge in [-0.1, -0.05) is 0 Å². The summed E-state index contributed by atoms with van der Waals surface area (Å²) in [6.07, 6.45) is 0. The average molecular weight is 343 g/mol. The van der Waals surface area contributed by atoms with E-state index in [-0.39, 0.29) is 5.56 Å². The summed E-state index contributed by atoms with van der Waals surface area (Å²) in [5.41, 5.74) is 6.39. The summed E-state index contributed by atoms with van der Waals surface area (Å²) in [6, 6.07) is 4.68. The largest absolute Gasteiger partial charge is 0.380 e. The van der Waals surface area contributed by atoms with Gasteiger partial charge < -0.3 is 11.1 Å². The zero-order valence-electron chi connectivity index (χ0n) is 10.2. The van der Waals surface area contributed by atoms with E-state index in [1.165, 1.54) is 0 Å². The number of rotatable bonds is 4. The van der Waals surface area contributed by atoms with Crippen LogP contribution in [-0.2, 0) is 6.54 Å². The molecule has 0 saturated heterocycles. The standard InChI is InChI=1S/C13H12BrFN2OS/c1-7-10(15)4-8(13(16)18)5-11(7)17-6-12-9(14)2-3-19-12/h2-5,17H,6H2,1H3,(H2,16,18). The first kappa shape index (κ1) is 14.0. The molecule has 0 unspecified atom stereocenters. The second-order valence-electron chi connectivity index (χ2n) is 4.04. The number of carbonyl (C=O) groups is 1. The number of carbonyl (C=O) groups excluding carboxylic acids is 1. The van der Waals surface area contributed by atoms with E-state index in [0.29, 0.717) is 17.8 Å². The van der Waals surface area contributed by atoms with E-state index >= 15 is 0 Å². The molecule has 3 N–H and O–H groups in total. The third kappa shape index (κ3) is 3.13. The van der Waals surface area contributed by atoms with Crippen LogP contribution >= 0.6 is 27.3 Å². The van der Waals surface area contributed by atoms with Crippen molar-refractivity contribution >= 4 is 38.9 Å². The van der Waals surface area contributed by atoms with Gasteiger partial charge in [0, 0.05) is 26.2 Å². The van der Waals surface area contributed by atoms with Gasteiger partial charge in [0.1, 0.15) is 5.82 Å². The maximum absolute atomic E-state index is 13.7. The van der Waals surface area contributed by atoms with Gasteiger partial charge in [-0.15, -0.1) is 11.3 Å². The molecule has 19 heavy (non-hydrogen) atoms. The highest BCUT2D eigenvalue weighted by molar-refractivity contribution is 9.10. The Morgan fingerprint density at radius 1 is 1.53 bits per heavy atom. The quantitative estimate of drug-likeness (QED) is 0.890. The van der Waals surface area contributed by atoms with Crippen LogP contribution in [0.15, 0.2) is 28.1 Å². The lowest BCUT2D eigenvalue weighted by atomic mass is 10.1. The lowest BCUT2D eigenvalue weighted by molar-refractivity contribution is 0.1000. The van der Waals surface area contributed by atoms with Crippen LogP contribution < -0.4 is 11.1 Å². The van der Waals surface area contributed by atoms with Gasteiger partial charge in [-0.05, 0) is 46.4 Å². The van der Waals surface area contributed by atoms with Crippen molar-refractivity contribution in [2.45, 2.75) is 13.5 Å². The zero-order valence-corrected chi connectivity index (χ0v) is 12.6. The van der Waals surface area contributed by atoms with Crippen LogP contribution in [0.25, 0.3) is 0 Å². The Balaban J connectivity index is 2.24. The fraction of sp³-hybridized carbons (Fsp3) is 0.154. The van der Waals surface area contributed by atoms with E-state index in [0.717, 1.165) is 15.4 Å². The van der Waals surface area contributed by atoms with Crippen LogP contribution in [0, 0.1) is 12.7 Å². The topological polar surface area (TPSA) is 55.1 Å². The first-order valence-electron chi connectivity index (χ1n) is 5.54. The molecule has 0 spiro atoms. The highest BCUT2D eigenvalue weighted by Crippen LogP contribution is 2.26. The Labute approximate surface area is 122 Å². The van der Waals surface area contributed by atoms with Gasteiger partial charge in [-0.25, -0.2) is 4.39 Å². The molecule has 0 saturated carbocycles. The molecule has 3 nitrogen and oxygen atoms in total. The molecule has 0 aliphatic carbocycles. The van der Waals surface area contributed by atoms with Crippen molar-refractivity contribution < 1.29 is 9.18 Å². The van der Waals surface area contributed by atoms with Gasteiger partial charge in [-0.2, -0.15) is 0 Å². The van der Waals surface area contributed by atoms with Crippen molar-refractivity contribution in [3.05, 3.63) is 49.9 Å². The Morgan fingerprint density at radius 2 is 2.26 bits per heavy atom. The van der Waals surface area contributed by atoms with Crippen LogP contribution in [0.1, 0.15) is 20.8 Å². The van der Waals surface area contributed by atoms with Crippen LogP contribution in [0.2, 0.25) is 0 Å². The maximum Gasteiger partial charge on any atom is 0.248 e. The van der Waals surface area contributed by atoms with Crippen molar-refractivity contribution in [3.63, 3.8) is 0 Å². The minimum atomic E-state index is -0.640. The van der Waals surface area contributed by atoms with Gasteiger partial charge in [0.2, 0.25) is 5.91 Å². The third-order valence-corrected chi connectivity index (χ3v) is 4.69. The van der Waals surface area contributed by atoms with Crippen LogP contribution in [0.5, 0.6) is 0 Å². The highest BCUT2D eigenvalue weighted by Gasteiger charge is 2.11. The number of nitrogens with one attached hydrogen (secondary N) is 1. The molecular formula is C13H12BrFN2OS. The smallest absolute Gasteiger partial charge is 0.248 e. The summed E-state index contributed by atoms with van der Waals surface area (Å²) < 4.78 is 14.7. The molecule has 0 bridgehead atoms. The number of amides is 1. The van der Waals surface area contributed by atoms with Crippen molar-refractivity contribution in [2.24, 2.45) is 5.73 Å². The normalized spacial score (nSPS) is 10.5. The Hall–Kier alpha value is -1.40. The molecule has 1 heterocycles. The van der Waals surface area contributed by atoms with Crippen LogP contribution in [-0.4, -0.2) is 5.91 Å². The summed E-state index contributed by atoms with van der Waals surface area (Å²) >= 11 is 5.03. The molecule has 1 amide bonds. The van der Waals surface area contributed by atoms with E-state index in [9.17, 15) is 9.18 Å². The monoisotopic (exact) mass is 342 g/mol. The van der Waals surface area contributed by atoms with Gasteiger partial charge >= 0.3 is 0 Å². The van der Waals surface area contributed by atoms with E-state index < -0.39 is 11.7 Å². The average Bonchev–Trinajstić information content (AvgIpc) is 2.76. The number of hydrogen-bond acceptors (Lipinski definition) is 3.